The summed E-state index contributed by atoms with van der Waals surface area (Å²) < 4.78 is 22.5. The average Bonchev–Trinajstić information content (AvgIpc) is 2.16. The van der Waals surface area contributed by atoms with Gasteiger partial charge in [0, 0.05) is 11.9 Å². The molecule has 88 valence electrons. The Bertz CT molecular complexity index is 495. The van der Waals surface area contributed by atoms with Crippen molar-refractivity contribution in [2.24, 2.45) is 0 Å². The van der Waals surface area contributed by atoms with Crippen molar-refractivity contribution in [3.63, 3.8) is 0 Å². The maximum atomic E-state index is 11.3. The molecule has 2 N–H and O–H groups in total. The number of carboxylic acid groups (broad SMARTS) is 1. The monoisotopic (exact) mass is 243 g/mol. The summed E-state index contributed by atoms with van der Waals surface area (Å²) in [7, 11) is -3.27. The topological polar surface area (TPSA) is 83.5 Å². The van der Waals surface area contributed by atoms with Crippen LogP contribution in [0.4, 0.5) is 5.69 Å². The first kappa shape index (κ1) is 12.5. The van der Waals surface area contributed by atoms with Crippen LogP contribution in [0.2, 0.25) is 0 Å². The number of carboxylic acids is 1. The molecule has 1 unspecified atom stereocenters. The van der Waals surface area contributed by atoms with Gasteiger partial charge in [0.1, 0.15) is 6.04 Å². The third-order valence-electron chi connectivity index (χ3n) is 2.02. The Balaban J connectivity index is 2.96. The van der Waals surface area contributed by atoms with Crippen molar-refractivity contribution >= 4 is 21.5 Å². The van der Waals surface area contributed by atoms with Crippen LogP contribution < -0.4 is 5.32 Å². The summed E-state index contributed by atoms with van der Waals surface area (Å²) in [6.45, 7) is 1.48. The highest BCUT2D eigenvalue weighted by Crippen LogP contribution is 2.15. The largest absolute Gasteiger partial charge is 0.480 e. The molecular weight excluding hydrogens is 230 g/mol. The molecule has 0 aliphatic rings. The number of sulfone groups is 1. The fraction of sp³-hybridized carbons (Fsp3) is 0.300. The maximum Gasteiger partial charge on any atom is 0.325 e. The molecule has 0 bridgehead atoms. The van der Waals surface area contributed by atoms with Gasteiger partial charge >= 0.3 is 5.97 Å². The fourth-order valence-electron chi connectivity index (χ4n) is 1.13. The van der Waals surface area contributed by atoms with Gasteiger partial charge in [-0.3, -0.25) is 4.79 Å². The van der Waals surface area contributed by atoms with Gasteiger partial charge in [0.2, 0.25) is 0 Å². The van der Waals surface area contributed by atoms with E-state index in [9.17, 15) is 13.2 Å². The van der Waals surface area contributed by atoms with E-state index < -0.39 is 21.8 Å². The van der Waals surface area contributed by atoms with Crippen LogP contribution in [0.5, 0.6) is 0 Å². The number of nitrogens with one attached hydrogen (secondary N) is 1. The first-order chi connectivity index (χ1) is 7.30. The average molecular weight is 243 g/mol. The standard InChI is InChI=1S/C10H13NO4S/c1-7(10(12)13)11-8-4-3-5-9(6-8)16(2,14)15/h3-7,11H,1-2H3,(H,12,13). The minimum Gasteiger partial charge on any atom is -0.480 e. The lowest BCUT2D eigenvalue weighted by Crippen LogP contribution is -2.25. The Labute approximate surface area is 94.0 Å². The lowest BCUT2D eigenvalue weighted by molar-refractivity contribution is -0.137. The molecule has 0 amide bonds. The van der Waals surface area contributed by atoms with E-state index in [1.54, 1.807) is 12.1 Å². The molecule has 0 radical (unpaired) electrons. The van der Waals surface area contributed by atoms with E-state index in [2.05, 4.69) is 5.32 Å². The van der Waals surface area contributed by atoms with Gasteiger partial charge in [0.05, 0.1) is 4.90 Å². The van der Waals surface area contributed by atoms with Gasteiger partial charge < -0.3 is 10.4 Å². The van der Waals surface area contributed by atoms with Gasteiger partial charge in [-0.05, 0) is 25.1 Å². The van der Waals surface area contributed by atoms with Crippen LogP contribution in [-0.2, 0) is 14.6 Å². The number of anilines is 1. The molecule has 1 rings (SSSR count). The molecule has 0 fully saturated rings. The van der Waals surface area contributed by atoms with E-state index in [0.29, 0.717) is 5.69 Å². The van der Waals surface area contributed by atoms with Crippen molar-refractivity contribution in [2.75, 3.05) is 11.6 Å². The Morgan fingerprint density at radius 2 is 2.06 bits per heavy atom. The zero-order valence-corrected chi connectivity index (χ0v) is 9.78. The zero-order valence-electron chi connectivity index (χ0n) is 8.97. The Hall–Kier alpha value is -1.56. The van der Waals surface area contributed by atoms with Gasteiger partial charge in [-0.15, -0.1) is 0 Å². The van der Waals surface area contributed by atoms with Crippen molar-refractivity contribution in [1.29, 1.82) is 0 Å². The molecule has 0 aliphatic heterocycles. The van der Waals surface area contributed by atoms with Gasteiger partial charge in [0.25, 0.3) is 0 Å². The SMILES string of the molecule is CC(Nc1cccc(S(C)(=O)=O)c1)C(=O)O. The van der Waals surface area contributed by atoms with Crippen molar-refractivity contribution < 1.29 is 18.3 Å². The van der Waals surface area contributed by atoms with Crippen LogP contribution in [0.15, 0.2) is 29.2 Å². The molecular formula is C10H13NO4S. The second-order valence-corrected chi connectivity index (χ2v) is 5.52. The number of aliphatic carboxylic acids is 1. The third kappa shape index (κ3) is 3.23. The molecule has 1 aromatic rings. The van der Waals surface area contributed by atoms with Crippen molar-refractivity contribution in [3.05, 3.63) is 24.3 Å². The summed E-state index contributed by atoms with van der Waals surface area (Å²) in [4.78, 5) is 10.8. The van der Waals surface area contributed by atoms with E-state index in [1.165, 1.54) is 19.1 Å². The third-order valence-corrected chi connectivity index (χ3v) is 3.13. The van der Waals surface area contributed by atoms with Crippen LogP contribution >= 0.6 is 0 Å². The zero-order chi connectivity index (χ0) is 12.3. The highest BCUT2D eigenvalue weighted by atomic mass is 32.2. The van der Waals surface area contributed by atoms with Gasteiger partial charge in [-0.1, -0.05) is 6.07 Å². The lowest BCUT2D eigenvalue weighted by atomic mass is 10.2. The van der Waals surface area contributed by atoms with Gasteiger partial charge in [-0.25, -0.2) is 8.42 Å². The molecule has 0 aliphatic carbocycles. The minimum atomic E-state index is -3.27. The number of carbonyl (C=O) groups is 1. The molecule has 1 atom stereocenters. The molecule has 1 aromatic carbocycles. The van der Waals surface area contributed by atoms with Crippen LogP contribution in [-0.4, -0.2) is 31.8 Å². The normalized spacial score (nSPS) is 13.1. The van der Waals surface area contributed by atoms with Crippen LogP contribution in [0, 0.1) is 0 Å². The smallest absolute Gasteiger partial charge is 0.325 e. The van der Waals surface area contributed by atoms with Gasteiger partial charge in [-0.2, -0.15) is 0 Å². The predicted octanol–water partition coefficient (Wildman–Crippen LogP) is 0.975. The summed E-state index contributed by atoms with van der Waals surface area (Å²) in [6.07, 6.45) is 1.10. The van der Waals surface area contributed by atoms with E-state index in [1.807, 2.05) is 0 Å². The maximum absolute atomic E-state index is 11.3. The minimum absolute atomic E-state index is 0.162. The fourth-order valence-corrected chi connectivity index (χ4v) is 1.80. The summed E-state index contributed by atoms with van der Waals surface area (Å²) in [5.41, 5.74) is 0.470. The van der Waals surface area contributed by atoms with Crippen LogP contribution in [0.3, 0.4) is 0 Å². The number of benzene rings is 1. The molecule has 0 saturated carbocycles. The molecule has 0 saturated heterocycles. The summed E-state index contributed by atoms with van der Waals surface area (Å²) in [6, 6.07) is 5.29. The Morgan fingerprint density at radius 3 is 2.56 bits per heavy atom. The second kappa shape index (κ2) is 4.52. The highest BCUT2D eigenvalue weighted by Gasteiger charge is 2.12. The first-order valence-electron chi connectivity index (χ1n) is 4.60. The second-order valence-electron chi connectivity index (χ2n) is 3.50. The summed E-state index contributed by atoms with van der Waals surface area (Å²) >= 11 is 0. The Morgan fingerprint density at radius 1 is 1.44 bits per heavy atom. The number of hydrogen-bond acceptors (Lipinski definition) is 4. The molecule has 6 heteroatoms. The molecule has 0 spiro atoms. The quantitative estimate of drug-likeness (QED) is 0.823. The molecule has 0 aromatic heterocycles. The van der Waals surface area contributed by atoms with E-state index >= 15 is 0 Å². The molecule has 16 heavy (non-hydrogen) atoms. The first-order valence-corrected chi connectivity index (χ1v) is 6.49. The highest BCUT2D eigenvalue weighted by molar-refractivity contribution is 7.90. The Kier molecular flexibility index (Phi) is 3.54. The van der Waals surface area contributed by atoms with Crippen LogP contribution in [0.25, 0.3) is 0 Å². The van der Waals surface area contributed by atoms with Crippen molar-refractivity contribution in [1.82, 2.24) is 0 Å². The van der Waals surface area contributed by atoms with Gasteiger partial charge in [0.15, 0.2) is 9.84 Å². The molecule has 5 nitrogen and oxygen atoms in total. The van der Waals surface area contributed by atoms with E-state index in [4.69, 9.17) is 5.11 Å². The lowest BCUT2D eigenvalue weighted by Gasteiger charge is -2.11. The van der Waals surface area contributed by atoms with Crippen LogP contribution in [0.1, 0.15) is 6.92 Å². The predicted molar refractivity (Wildman–Crippen MR) is 60.3 cm³/mol. The van der Waals surface area contributed by atoms with Crippen molar-refractivity contribution in [2.45, 2.75) is 17.9 Å². The van der Waals surface area contributed by atoms with E-state index in [0.717, 1.165) is 6.26 Å². The summed E-state index contributed by atoms with van der Waals surface area (Å²) in [5.74, 6) is -0.996. The van der Waals surface area contributed by atoms with Crippen molar-refractivity contribution in [3.8, 4) is 0 Å². The number of hydrogen-bond donors (Lipinski definition) is 2. The van der Waals surface area contributed by atoms with E-state index in [-0.39, 0.29) is 4.90 Å². The number of rotatable bonds is 4. The molecule has 0 heterocycles. The summed E-state index contributed by atoms with van der Waals surface area (Å²) in [5, 5.41) is 11.4.